The molecule has 0 aliphatic carbocycles. The summed E-state index contributed by atoms with van der Waals surface area (Å²) >= 11 is 0. The third-order valence-electron chi connectivity index (χ3n) is 3.95. The minimum absolute atomic E-state index is 0.0864. The quantitative estimate of drug-likeness (QED) is 0.812. The highest BCUT2D eigenvalue weighted by Gasteiger charge is 2.21. The van der Waals surface area contributed by atoms with Gasteiger partial charge in [-0.05, 0) is 37.6 Å². The van der Waals surface area contributed by atoms with Crippen LogP contribution in [0.5, 0.6) is 0 Å². The molecule has 1 N–H and O–H groups in total. The van der Waals surface area contributed by atoms with Gasteiger partial charge < -0.3 is 9.88 Å². The number of rotatable bonds is 5. The van der Waals surface area contributed by atoms with E-state index in [9.17, 15) is 13.4 Å². The molecule has 7 heteroatoms. The van der Waals surface area contributed by atoms with Crippen molar-refractivity contribution in [2.75, 3.05) is 18.0 Å². The normalized spacial score (nSPS) is 11.8. The number of anilines is 1. The molecular weight excluding hydrogens is 299 g/mol. The summed E-state index contributed by atoms with van der Waals surface area (Å²) in [6.45, 7) is 9.13. The molecule has 23 heavy (non-hydrogen) atoms. The lowest BCUT2D eigenvalue weighted by Gasteiger charge is -2.22. The second-order valence-corrected chi connectivity index (χ2v) is 5.28. The number of halogens is 2. The van der Waals surface area contributed by atoms with Gasteiger partial charge in [0, 0.05) is 31.3 Å². The van der Waals surface area contributed by atoms with E-state index in [2.05, 4.69) is 11.6 Å². The predicted molar refractivity (Wildman–Crippen MR) is 92.0 cm³/mol. The average molecular weight is 319 g/mol. The van der Waals surface area contributed by atoms with Crippen molar-refractivity contribution in [3.63, 3.8) is 0 Å². The molecule has 0 saturated heterocycles. The first kappa shape index (κ1) is 17.1. The molecule has 2 rings (SSSR count). The van der Waals surface area contributed by atoms with Crippen molar-refractivity contribution in [1.82, 2.24) is 9.55 Å². The van der Waals surface area contributed by atoms with E-state index in [-0.39, 0.29) is 16.4 Å². The number of imidazole rings is 1. The Morgan fingerprint density at radius 1 is 1.35 bits per heavy atom. The first-order chi connectivity index (χ1) is 10.9. The Morgan fingerprint density at radius 2 is 2.00 bits per heavy atom. The number of nitrogens with one attached hydrogen (secondary N) is 1. The van der Waals surface area contributed by atoms with Crippen molar-refractivity contribution in [3.05, 3.63) is 44.9 Å². The molecule has 0 atom stereocenters. The van der Waals surface area contributed by atoms with Crippen molar-refractivity contribution in [1.29, 1.82) is 0 Å². The van der Waals surface area contributed by atoms with E-state index in [1.807, 2.05) is 18.7 Å². The van der Waals surface area contributed by atoms with Gasteiger partial charge in [-0.15, -0.1) is 0 Å². The summed E-state index contributed by atoms with van der Waals surface area (Å²) in [5.74, 6) is 0. The van der Waals surface area contributed by atoms with Crippen LogP contribution < -0.4 is 26.8 Å². The van der Waals surface area contributed by atoms with Crippen molar-refractivity contribution >= 4 is 31.1 Å². The van der Waals surface area contributed by atoms with Gasteiger partial charge in [0.15, 0.2) is 0 Å². The maximum atomic E-state index is 13.4. The van der Waals surface area contributed by atoms with Crippen LogP contribution >= 0.6 is 0 Å². The van der Waals surface area contributed by atoms with E-state index in [4.69, 9.17) is 0 Å². The summed E-state index contributed by atoms with van der Waals surface area (Å²) in [6.07, 6.45) is 1.45. The van der Waals surface area contributed by atoms with Gasteiger partial charge in [0.2, 0.25) is 0 Å². The molecule has 122 valence electrons. The molecule has 1 aromatic heterocycles. The molecular formula is C16H20BF2N3O. The second-order valence-electron chi connectivity index (χ2n) is 5.28. The highest BCUT2D eigenvalue weighted by atomic mass is 19.2. The van der Waals surface area contributed by atoms with Gasteiger partial charge in [0.25, 0.3) is 5.56 Å². The van der Waals surface area contributed by atoms with E-state index in [0.717, 1.165) is 18.8 Å². The number of hydrogen-bond acceptors (Lipinski definition) is 2. The van der Waals surface area contributed by atoms with Crippen LogP contribution in [0, 0.1) is 0 Å². The van der Waals surface area contributed by atoms with Crippen molar-refractivity contribution in [2.24, 2.45) is 7.05 Å². The lowest BCUT2D eigenvalue weighted by molar-refractivity contribution is 0.684. The first-order valence-corrected chi connectivity index (χ1v) is 7.51. The highest BCUT2D eigenvalue weighted by molar-refractivity contribution is 6.61. The van der Waals surface area contributed by atoms with Gasteiger partial charge in [-0.1, -0.05) is 12.6 Å². The third-order valence-corrected chi connectivity index (χ3v) is 3.95. The van der Waals surface area contributed by atoms with Gasteiger partial charge in [-0.2, -0.15) is 0 Å². The number of H-pyrrole nitrogens is 1. The van der Waals surface area contributed by atoms with Crippen LogP contribution in [-0.4, -0.2) is 29.9 Å². The van der Waals surface area contributed by atoms with Crippen LogP contribution in [-0.2, 0) is 7.05 Å². The van der Waals surface area contributed by atoms with Gasteiger partial charge in [-0.25, -0.2) is 0 Å². The Morgan fingerprint density at radius 3 is 2.48 bits per heavy atom. The molecule has 0 radical (unpaired) electrons. The van der Waals surface area contributed by atoms with Crippen molar-refractivity contribution in [2.45, 2.75) is 13.8 Å². The van der Waals surface area contributed by atoms with E-state index >= 15 is 0 Å². The second kappa shape index (κ2) is 6.85. The summed E-state index contributed by atoms with van der Waals surface area (Å²) in [7, 11) is -1.04. The zero-order valence-electron chi connectivity index (χ0n) is 13.6. The molecule has 0 aliphatic rings. The van der Waals surface area contributed by atoms with Gasteiger partial charge in [-0.3, -0.25) is 18.0 Å². The van der Waals surface area contributed by atoms with Gasteiger partial charge >= 0.3 is 7.27 Å². The highest BCUT2D eigenvalue weighted by Crippen LogP contribution is 2.15. The Hall–Kier alpha value is -2.31. The summed E-state index contributed by atoms with van der Waals surface area (Å²) in [4.78, 5) is 16.8. The van der Waals surface area contributed by atoms with Crippen LogP contribution in [0.1, 0.15) is 19.4 Å². The van der Waals surface area contributed by atoms with E-state index in [0.29, 0.717) is 11.0 Å². The number of hydrogen-bond donors (Lipinski definition) is 1. The van der Waals surface area contributed by atoms with E-state index < -0.39 is 7.27 Å². The summed E-state index contributed by atoms with van der Waals surface area (Å²) < 4.78 is 28.2. The molecule has 0 bridgehead atoms. The fourth-order valence-electron chi connectivity index (χ4n) is 2.52. The molecule has 0 aliphatic heterocycles. The minimum atomic E-state index is -2.62. The van der Waals surface area contributed by atoms with E-state index in [1.54, 1.807) is 19.2 Å². The Balaban J connectivity index is 2.61. The fourth-order valence-corrected chi connectivity index (χ4v) is 2.52. The lowest BCUT2D eigenvalue weighted by atomic mass is 9.81. The SMILES string of the molecule is C=c1[nH]/c(=C\c2ccc(N(CC)CC)cc2B(F)F)c(=O)n1C. The third kappa shape index (κ3) is 3.38. The van der Waals surface area contributed by atoms with E-state index in [1.165, 1.54) is 16.7 Å². The molecule has 0 unspecified atom stereocenters. The Bertz CT molecular complexity index is 853. The summed E-state index contributed by atoms with van der Waals surface area (Å²) in [5.41, 5.74) is 1.13. The predicted octanol–water partition coefficient (Wildman–Crippen LogP) is 0.433. The lowest BCUT2D eigenvalue weighted by Crippen LogP contribution is -2.31. The Labute approximate surface area is 133 Å². The molecule has 1 aromatic carbocycles. The van der Waals surface area contributed by atoms with Crippen LogP contribution in [0.3, 0.4) is 0 Å². The molecule has 0 fully saturated rings. The standard InChI is InChI=1S/C16H20BF2N3O/c1-5-22(6-2)13-8-7-12(14(10-13)17(18)19)9-15-16(23)21(4)11(3)20-15/h7-10,20H,3,5-6H2,1-2,4H3/b15-9-. The van der Waals surface area contributed by atoms with Crippen LogP contribution in [0.15, 0.2) is 23.0 Å². The number of aromatic nitrogens is 2. The van der Waals surface area contributed by atoms with Crippen LogP contribution in [0.25, 0.3) is 12.7 Å². The van der Waals surface area contributed by atoms with Crippen molar-refractivity contribution < 1.29 is 8.63 Å². The molecule has 2 aromatic rings. The van der Waals surface area contributed by atoms with Crippen LogP contribution in [0.2, 0.25) is 0 Å². The largest absolute Gasteiger partial charge is 0.572 e. The fraction of sp³-hybridized carbons (Fsp3) is 0.312. The van der Waals surface area contributed by atoms with Gasteiger partial charge in [0.05, 0.1) is 0 Å². The maximum absolute atomic E-state index is 13.4. The Kier molecular flexibility index (Phi) is 5.08. The molecule has 0 spiro atoms. The first-order valence-electron chi connectivity index (χ1n) is 7.51. The molecule has 0 amide bonds. The summed E-state index contributed by atoms with van der Waals surface area (Å²) in [6, 6.07) is 4.91. The topological polar surface area (TPSA) is 41.0 Å². The van der Waals surface area contributed by atoms with Gasteiger partial charge in [0.1, 0.15) is 10.8 Å². The number of nitrogens with zero attached hydrogens (tertiary/aromatic N) is 2. The number of aromatic amines is 1. The average Bonchev–Trinajstić information content (AvgIpc) is 2.76. The zero-order valence-corrected chi connectivity index (χ0v) is 13.6. The molecule has 0 saturated carbocycles. The summed E-state index contributed by atoms with van der Waals surface area (Å²) in [5, 5.41) is 0.245. The zero-order chi connectivity index (χ0) is 17.1. The number of benzene rings is 1. The monoisotopic (exact) mass is 319 g/mol. The van der Waals surface area contributed by atoms with Crippen molar-refractivity contribution in [3.8, 4) is 0 Å². The smallest absolute Gasteiger partial charge is 0.372 e. The van der Waals surface area contributed by atoms with Crippen LogP contribution in [0.4, 0.5) is 14.3 Å². The maximum Gasteiger partial charge on any atom is 0.572 e. The molecule has 4 nitrogen and oxygen atoms in total. The molecule has 1 heterocycles. The minimum Gasteiger partial charge on any atom is -0.372 e.